The van der Waals surface area contributed by atoms with Crippen molar-refractivity contribution in [2.75, 3.05) is 68.1 Å². The van der Waals surface area contributed by atoms with Gasteiger partial charge < -0.3 is 63.1 Å². The Morgan fingerprint density at radius 2 is 1.58 bits per heavy atom. The third-order valence-corrected chi connectivity index (χ3v) is 15.4. The fourth-order valence-electron chi connectivity index (χ4n) is 11.1. The van der Waals surface area contributed by atoms with Crippen LogP contribution in [0.15, 0.2) is 24.3 Å². The average Bonchev–Trinajstić information content (AvgIpc) is 3.28. The molecule has 0 radical (unpaired) electrons. The molecule has 5 aliphatic rings. The van der Waals surface area contributed by atoms with Gasteiger partial charge in [0, 0.05) is 76.4 Å². The lowest BCUT2D eigenvalue weighted by Crippen LogP contribution is -2.63. The van der Waals surface area contributed by atoms with Gasteiger partial charge in [0.25, 0.3) is 0 Å². The van der Waals surface area contributed by atoms with E-state index in [-0.39, 0.29) is 42.7 Å². The minimum atomic E-state index is -1.09. The summed E-state index contributed by atoms with van der Waals surface area (Å²) in [6, 6.07) is 7.67. The summed E-state index contributed by atoms with van der Waals surface area (Å²) in [4.78, 5) is 34.1. The maximum Gasteiger partial charge on any atom is 0.407 e. The fourth-order valence-corrected chi connectivity index (χ4v) is 11.1. The number of para-hydroxylation sites is 1. The summed E-state index contributed by atoms with van der Waals surface area (Å²) in [7, 11) is 8.70. The molecule has 2 bridgehead atoms. The number of benzene rings is 1. The number of likely N-dealkylation sites (N-methyl/N-ethyl adjacent to an activating group) is 2. The minimum absolute atomic E-state index is 0.0988. The SMILES string of the molecule is CCC(c1ccccc1OC)N(CC)CCNC(=O)O[C@H]1[C@H](C)O[C@@H](O[C@H]2[C@H](C)[C@@H](O[C@H]3O[C@H](C)C[C@H](N(C)C)[C@H]3O)[C@@](C)(OC)C[C@@H](C)[C@H](O)[C@H](C)N3CC(C3)OC(=O)[C@@H]2C)C[C@@]1(C)OC. The summed E-state index contributed by atoms with van der Waals surface area (Å²) in [6.07, 6.45) is -6.13. The van der Waals surface area contributed by atoms with Gasteiger partial charge in [0.05, 0.1) is 49.1 Å². The molecule has 5 saturated heterocycles. The standard InChI is InChI=1S/C50H86N4O13/c1-16-37(36-20-18-19-21-39(36)59-13)53(17-2)23-22-51-48(58)67-45-34(8)63-40(26-50(45,10)61-15)65-43-31(5)44(66-47-42(56)38(52(11)12)24-30(4)62-47)49(9,60-14)25-29(3)41(55)33(7)54-27-35(28-54)64-46(57)32(43)6/h18-21,29-35,37-38,40-45,47,55-56H,16-17,22-28H2,1-15H3,(H,51,58)/t29-,30-,31+,32-,33+,34+,37?,38+,40+,41+,42-,43+,44-,45+,47-,49+,50-/m1/s1. The maximum absolute atomic E-state index is 14.2. The number of hydrogen-bond donors (Lipinski definition) is 3. The monoisotopic (exact) mass is 951 g/mol. The third kappa shape index (κ3) is 12.8. The molecule has 1 amide bonds. The predicted octanol–water partition coefficient (Wildman–Crippen LogP) is 4.99. The van der Waals surface area contributed by atoms with Crippen LogP contribution >= 0.6 is 0 Å². The van der Waals surface area contributed by atoms with E-state index in [1.807, 2.05) is 85.7 Å². The van der Waals surface area contributed by atoms with Crippen LogP contribution in [0.25, 0.3) is 0 Å². The van der Waals surface area contributed by atoms with Crippen LogP contribution < -0.4 is 10.1 Å². The second-order valence-corrected chi connectivity index (χ2v) is 20.4. The Morgan fingerprint density at radius 3 is 2.19 bits per heavy atom. The summed E-state index contributed by atoms with van der Waals surface area (Å²) in [5, 5.41) is 26.4. The summed E-state index contributed by atoms with van der Waals surface area (Å²) < 4.78 is 57.3. The molecule has 5 heterocycles. The molecule has 0 aromatic heterocycles. The number of carbonyl (C=O) groups excluding carboxylic acids is 2. The van der Waals surface area contributed by atoms with Crippen molar-refractivity contribution in [3.8, 4) is 5.75 Å². The van der Waals surface area contributed by atoms with E-state index < -0.39 is 84.3 Å². The number of nitrogens with zero attached hydrogens (tertiary/aromatic N) is 3. The van der Waals surface area contributed by atoms with Crippen molar-refractivity contribution in [3.63, 3.8) is 0 Å². The summed E-state index contributed by atoms with van der Waals surface area (Å²) >= 11 is 0. The van der Waals surface area contributed by atoms with Gasteiger partial charge in [-0.3, -0.25) is 14.6 Å². The van der Waals surface area contributed by atoms with Crippen molar-refractivity contribution in [1.29, 1.82) is 0 Å². The number of nitrogens with one attached hydrogen (secondary N) is 1. The lowest BCUT2D eigenvalue weighted by molar-refractivity contribution is -0.319. The first-order chi connectivity index (χ1) is 31.6. The molecule has 3 N–H and O–H groups in total. The summed E-state index contributed by atoms with van der Waals surface area (Å²) in [6.45, 7) is 22.2. The largest absolute Gasteiger partial charge is 0.496 e. The topological polar surface area (TPSA) is 179 Å². The van der Waals surface area contributed by atoms with Gasteiger partial charge in [-0.15, -0.1) is 0 Å². The van der Waals surface area contributed by atoms with E-state index in [0.29, 0.717) is 39.0 Å². The molecule has 0 saturated carbocycles. The first-order valence-electron chi connectivity index (χ1n) is 24.7. The second-order valence-electron chi connectivity index (χ2n) is 20.4. The van der Waals surface area contributed by atoms with E-state index in [1.54, 1.807) is 28.3 Å². The molecule has 1 unspecified atom stereocenters. The Hall–Kier alpha value is -2.68. The van der Waals surface area contributed by atoms with Crippen molar-refractivity contribution in [1.82, 2.24) is 20.0 Å². The average molecular weight is 951 g/mol. The van der Waals surface area contributed by atoms with E-state index >= 15 is 0 Å². The smallest absolute Gasteiger partial charge is 0.407 e. The number of aliphatic hydroxyl groups is 2. The van der Waals surface area contributed by atoms with E-state index in [1.165, 1.54) is 0 Å². The number of aliphatic hydroxyl groups excluding tert-OH is 2. The summed E-state index contributed by atoms with van der Waals surface area (Å²) in [5.41, 5.74) is -1.05. The van der Waals surface area contributed by atoms with Gasteiger partial charge in [-0.2, -0.15) is 0 Å². The van der Waals surface area contributed by atoms with Crippen molar-refractivity contribution in [3.05, 3.63) is 29.8 Å². The van der Waals surface area contributed by atoms with Crippen LogP contribution in [-0.4, -0.2) is 190 Å². The second kappa shape index (κ2) is 24.0. The zero-order valence-electron chi connectivity index (χ0n) is 43.1. The molecule has 17 nitrogen and oxygen atoms in total. The molecule has 1 aromatic carbocycles. The van der Waals surface area contributed by atoms with Crippen LogP contribution in [-0.2, 0) is 42.7 Å². The molecule has 17 heteroatoms. The number of methoxy groups -OCH3 is 3. The Labute approximate surface area is 400 Å². The number of carbonyl (C=O) groups is 2. The third-order valence-electron chi connectivity index (χ3n) is 15.4. The number of rotatable bonds is 16. The van der Waals surface area contributed by atoms with E-state index in [0.717, 1.165) is 24.3 Å². The van der Waals surface area contributed by atoms with Crippen LogP contribution in [0.5, 0.6) is 5.75 Å². The Kier molecular flexibility index (Phi) is 19.8. The summed E-state index contributed by atoms with van der Waals surface area (Å²) in [5.74, 6) is -1.31. The van der Waals surface area contributed by atoms with Gasteiger partial charge in [0.2, 0.25) is 0 Å². The lowest BCUT2D eigenvalue weighted by Gasteiger charge is -2.51. The zero-order chi connectivity index (χ0) is 49.5. The highest BCUT2D eigenvalue weighted by Crippen LogP contribution is 2.42. The van der Waals surface area contributed by atoms with Crippen molar-refractivity contribution in [2.45, 2.75) is 186 Å². The van der Waals surface area contributed by atoms with Gasteiger partial charge in [-0.25, -0.2) is 4.79 Å². The molecule has 6 rings (SSSR count). The van der Waals surface area contributed by atoms with Crippen LogP contribution in [0.3, 0.4) is 0 Å². The number of esters is 1. The van der Waals surface area contributed by atoms with Gasteiger partial charge in [-0.1, -0.05) is 45.9 Å². The molecule has 0 spiro atoms. The van der Waals surface area contributed by atoms with Crippen molar-refractivity contribution >= 4 is 12.1 Å². The molecule has 5 aliphatic heterocycles. The van der Waals surface area contributed by atoms with Crippen LogP contribution in [0.4, 0.5) is 4.79 Å². The molecular weight excluding hydrogens is 865 g/mol. The van der Waals surface area contributed by atoms with E-state index in [9.17, 15) is 19.8 Å². The molecule has 384 valence electrons. The molecule has 17 atom stereocenters. The minimum Gasteiger partial charge on any atom is -0.496 e. The zero-order valence-corrected chi connectivity index (χ0v) is 43.1. The van der Waals surface area contributed by atoms with Crippen LogP contribution in [0.1, 0.15) is 107 Å². The highest BCUT2D eigenvalue weighted by atomic mass is 16.7. The van der Waals surface area contributed by atoms with Gasteiger partial charge in [-0.05, 0) is 93.4 Å². The molecular formula is C50H86N4O13. The molecule has 1 aromatic rings. The predicted molar refractivity (Wildman–Crippen MR) is 253 cm³/mol. The van der Waals surface area contributed by atoms with Gasteiger partial charge in [0.1, 0.15) is 23.6 Å². The lowest BCUT2D eigenvalue weighted by atomic mass is 9.76. The Morgan fingerprint density at radius 1 is 0.925 bits per heavy atom. The van der Waals surface area contributed by atoms with Crippen LogP contribution in [0, 0.1) is 17.8 Å². The highest BCUT2D eigenvalue weighted by molar-refractivity contribution is 5.73. The maximum atomic E-state index is 14.2. The van der Waals surface area contributed by atoms with Crippen LogP contribution in [0.2, 0.25) is 0 Å². The van der Waals surface area contributed by atoms with Crippen molar-refractivity contribution < 1.29 is 62.4 Å². The molecule has 0 aliphatic carbocycles. The number of fused-ring (bicyclic) bond motifs is 10. The fraction of sp³-hybridized carbons (Fsp3) is 0.840. The number of alkyl carbamates (subject to hydrolysis) is 1. The normalized spacial score (nSPS) is 40.3. The van der Waals surface area contributed by atoms with Crippen molar-refractivity contribution in [2.24, 2.45) is 17.8 Å². The first-order valence-corrected chi connectivity index (χ1v) is 24.7. The number of amides is 1. The first kappa shape index (κ1) is 55.2. The number of hydrogen-bond acceptors (Lipinski definition) is 16. The van der Waals surface area contributed by atoms with Gasteiger partial charge >= 0.3 is 12.1 Å². The molecule has 5 fully saturated rings. The van der Waals surface area contributed by atoms with Gasteiger partial charge in [0.15, 0.2) is 18.7 Å². The highest BCUT2D eigenvalue weighted by Gasteiger charge is 2.54. The Balaban J connectivity index is 1.38. The van der Waals surface area contributed by atoms with E-state index in [4.69, 9.17) is 42.6 Å². The molecule has 67 heavy (non-hydrogen) atoms. The number of ether oxygens (including phenoxy) is 9. The van der Waals surface area contributed by atoms with E-state index in [2.05, 4.69) is 35.0 Å². The Bertz CT molecular complexity index is 1720. The quantitative estimate of drug-likeness (QED) is 0.189.